The predicted octanol–water partition coefficient (Wildman–Crippen LogP) is 4.02. The van der Waals surface area contributed by atoms with Crippen LogP contribution in [0.25, 0.3) is 10.9 Å². The van der Waals surface area contributed by atoms with Gasteiger partial charge in [0.2, 0.25) is 0 Å². The fourth-order valence-corrected chi connectivity index (χ4v) is 4.90. The molecule has 0 amide bonds. The van der Waals surface area contributed by atoms with E-state index in [1.165, 1.54) is 5.56 Å². The van der Waals surface area contributed by atoms with Gasteiger partial charge in [0, 0.05) is 23.3 Å². The van der Waals surface area contributed by atoms with E-state index in [9.17, 15) is 4.79 Å². The molecule has 1 aliphatic heterocycles. The molecule has 1 aliphatic rings. The number of aryl methyl sites for hydroxylation is 1. The topological polar surface area (TPSA) is 79.7 Å². The van der Waals surface area contributed by atoms with E-state index in [1.807, 2.05) is 42.5 Å². The summed E-state index contributed by atoms with van der Waals surface area (Å²) in [6.45, 7) is 3.37. The standard InChI is InChI=1S/C27H24N6O/c1-18-11-12-23-21(15-18)16-22(27(34)28-23)25(32-14-13-20-9-5-6-10-24(20)32)26-29-30-31-33(26)17-19-7-3-2-4-8-19/h2-12,15-16,25H,13-14,17H2,1H3,(H,28,34)/t25-/m0/s1. The maximum Gasteiger partial charge on any atom is 0.254 e. The molecule has 1 N–H and O–H groups in total. The summed E-state index contributed by atoms with van der Waals surface area (Å²) < 4.78 is 1.81. The Kier molecular flexibility index (Phi) is 4.95. The van der Waals surface area contributed by atoms with Crippen molar-refractivity contribution in [1.82, 2.24) is 25.2 Å². The predicted molar refractivity (Wildman–Crippen MR) is 132 cm³/mol. The molecular weight excluding hydrogens is 424 g/mol. The second kappa shape index (κ2) is 8.26. The van der Waals surface area contributed by atoms with Gasteiger partial charge in [0.15, 0.2) is 5.82 Å². The van der Waals surface area contributed by atoms with Crippen molar-refractivity contribution in [3.05, 3.63) is 117 Å². The first kappa shape index (κ1) is 20.4. The van der Waals surface area contributed by atoms with Gasteiger partial charge in [0.1, 0.15) is 6.04 Å². The lowest BCUT2D eigenvalue weighted by atomic mass is 10.0. The molecule has 0 fully saturated rings. The Labute approximate surface area is 196 Å². The summed E-state index contributed by atoms with van der Waals surface area (Å²) in [5.74, 6) is 0.651. The van der Waals surface area contributed by atoms with Crippen LogP contribution in [0, 0.1) is 6.92 Å². The smallest absolute Gasteiger partial charge is 0.254 e. The van der Waals surface area contributed by atoms with Crippen molar-refractivity contribution in [2.24, 2.45) is 0 Å². The SMILES string of the molecule is Cc1ccc2[nH]c(=O)c([C@@H](c3nnnn3Cc3ccccc3)N3CCc4ccccc43)cc2c1. The van der Waals surface area contributed by atoms with E-state index in [4.69, 9.17) is 0 Å². The summed E-state index contributed by atoms with van der Waals surface area (Å²) in [5.41, 5.74) is 5.96. The number of para-hydroxylation sites is 1. The highest BCUT2D eigenvalue weighted by Crippen LogP contribution is 2.37. The lowest BCUT2D eigenvalue weighted by Gasteiger charge is -2.29. The Morgan fingerprint density at radius 3 is 2.71 bits per heavy atom. The molecule has 1 atom stereocenters. The van der Waals surface area contributed by atoms with Crippen molar-refractivity contribution in [3.8, 4) is 0 Å². The van der Waals surface area contributed by atoms with E-state index < -0.39 is 6.04 Å². The molecule has 0 spiro atoms. The highest BCUT2D eigenvalue weighted by atomic mass is 16.1. The minimum Gasteiger partial charge on any atom is -0.357 e. The monoisotopic (exact) mass is 448 g/mol. The van der Waals surface area contributed by atoms with Gasteiger partial charge in [-0.15, -0.1) is 5.10 Å². The fourth-order valence-electron chi connectivity index (χ4n) is 4.90. The fraction of sp³-hybridized carbons (Fsp3) is 0.185. The number of fused-ring (bicyclic) bond motifs is 2. The van der Waals surface area contributed by atoms with Gasteiger partial charge in [-0.2, -0.15) is 0 Å². The Balaban J connectivity index is 1.54. The van der Waals surface area contributed by atoms with E-state index in [0.29, 0.717) is 17.9 Å². The quantitative estimate of drug-likeness (QED) is 0.439. The van der Waals surface area contributed by atoms with Gasteiger partial charge in [-0.25, -0.2) is 4.68 Å². The van der Waals surface area contributed by atoms with Crippen LogP contribution in [0.5, 0.6) is 0 Å². The Hall–Kier alpha value is -4.26. The second-order valence-corrected chi connectivity index (χ2v) is 8.80. The molecule has 0 saturated heterocycles. The van der Waals surface area contributed by atoms with E-state index in [-0.39, 0.29) is 5.56 Å². The van der Waals surface area contributed by atoms with Crippen molar-refractivity contribution < 1.29 is 0 Å². The van der Waals surface area contributed by atoms with Crippen LogP contribution in [0.4, 0.5) is 5.69 Å². The lowest BCUT2D eigenvalue weighted by Crippen LogP contribution is -2.34. The number of aromatic amines is 1. The molecule has 5 aromatic rings. The molecule has 3 aromatic carbocycles. The molecule has 7 heteroatoms. The summed E-state index contributed by atoms with van der Waals surface area (Å²) in [7, 11) is 0. The van der Waals surface area contributed by atoms with Crippen LogP contribution >= 0.6 is 0 Å². The van der Waals surface area contributed by atoms with E-state index in [1.54, 1.807) is 4.68 Å². The van der Waals surface area contributed by atoms with Crippen LogP contribution in [0.15, 0.2) is 83.7 Å². The molecule has 0 bridgehead atoms. The average molecular weight is 449 g/mol. The Morgan fingerprint density at radius 2 is 1.82 bits per heavy atom. The number of aromatic nitrogens is 5. The first-order valence-electron chi connectivity index (χ1n) is 11.5. The number of nitrogens with one attached hydrogen (secondary N) is 1. The van der Waals surface area contributed by atoms with Gasteiger partial charge < -0.3 is 9.88 Å². The lowest BCUT2D eigenvalue weighted by molar-refractivity contribution is 0.577. The molecule has 34 heavy (non-hydrogen) atoms. The Morgan fingerprint density at radius 1 is 1.00 bits per heavy atom. The zero-order valence-electron chi connectivity index (χ0n) is 18.8. The molecule has 168 valence electrons. The number of rotatable bonds is 5. The molecule has 0 unspecified atom stereocenters. The number of tetrazole rings is 1. The van der Waals surface area contributed by atoms with Crippen LogP contribution in [0.2, 0.25) is 0 Å². The van der Waals surface area contributed by atoms with E-state index in [0.717, 1.165) is 40.7 Å². The van der Waals surface area contributed by atoms with Gasteiger partial charge in [0.25, 0.3) is 5.56 Å². The summed E-state index contributed by atoms with van der Waals surface area (Å²) in [4.78, 5) is 18.8. The largest absolute Gasteiger partial charge is 0.357 e. The van der Waals surface area contributed by atoms with Crippen LogP contribution in [-0.4, -0.2) is 31.7 Å². The third kappa shape index (κ3) is 3.55. The number of anilines is 1. The van der Waals surface area contributed by atoms with Crippen molar-refractivity contribution in [2.75, 3.05) is 11.4 Å². The zero-order valence-corrected chi connectivity index (χ0v) is 18.8. The van der Waals surface area contributed by atoms with Gasteiger partial charge in [-0.3, -0.25) is 4.79 Å². The maximum atomic E-state index is 13.4. The minimum atomic E-state index is -0.420. The van der Waals surface area contributed by atoms with Crippen molar-refractivity contribution >= 4 is 16.6 Å². The average Bonchev–Trinajstić information content (AvgIpc) is 3.48. The number of hydrogen-bond acceptors (Lipinski definition) is 5. The number of H-pyrrole nitrogens is 1. The van der Waals surface area contributed by atoms with Gasteiger partial charge >= 0.3 is 0 Å². The van der Waals surface area contributed by atoms with Crippen LogP contribution in [0.3, 0.4) is 0 Å². The van der Waals surface area contributed by atoms with E-state index >= 15 is 0 Å². The summed E-state index contributed by atoms with van der Waals surface area (Å²) in [6, 6.07) is 26.1. The van der Waals surface area contributed by atoms with Gasteiger partial charge in [-0.1, -0.05) is 60.2 Å². The molecule has 0 radical (unpaired) electrons. The van der Waals surface area contributed by atoms with Crippen LogP contribution in [-0.2, 0) is 13.0 Å². The number of nitrogens with zero attached hydrogens (tertiary/aromatic N) is 5. The first-order chi connectivity index (χ1) is 16.7. The van der Waals surface area contributed by atoms with Crippen LogP contribution < -0.4 is 10.5 Å². The van der Waals surface area contributed by atoms with Gasteiger partial charge in [-0.05, 0) is 64.5 Å². The summed E-state index contributed by atoms with van der Waals surface area (Å²) in [5, 5.41) is 13.8. The molecule has 3 heterocycles. The van der Waals surface area contributed by atoms with Crippen molar-refractivity contribution in [3.63, 3.8) is 0 Å². The van der Waals surface area contributed by atoms with Crippen LogP contribution in [0.1, 0.15) is 34.1 Å². The number of benzene rings is 3. The number of pyridine rings is 1. The van der Waals surface area contributed by atoms with Crippen molar-refractivity contribution in [1.29, 1.82) is 0 Å². The second-order valence-electron chi connectivity index (χ2n) is 8.80. The number of hydrogen-bond donors (Lipinski definition) is 1. The van der Waals surface area contributed by atoms with Crippen molar-refractivity contribution in [2.45, 2.75) is 25.9 Å². The minimum absolute atomic E-state index is 0.125. The van der Waals surface area contributed by atoms with Gasteiger partial charge in [0.05, 0.1) is 6.54 Å². The molecule has 6 rings (SSSR count). The normalized spacial score (nSPS) is 13.9. The third-order valence-electron chi connectivity index (χ3n) is 6.54. The summed E-state index contributed by atoms with van der Waals surface area (Å²) in [6.07, 6.45) is 0.914. The highest BCUT2D eigenvalue weighted by molar-refractivity contribution is 5.80. The maximum absolute atomic E-state index is 13.4. The van der Waals surface area contributed by atoms with E-state index in [2.05, 4.69) is 68.7 Å². The molecular formula is C27H24N6O. The molecule has 0 aliphatic carbocycles. The molecule has 7 nitrogen and oxygen atoms in total. The zero-order chi connectivity index (χ0) is 23.1. The Bertz CT molecular complexity index is 1540. The molecule has 2 aromatic heterocycles. The summed E-state index contributed by atoms with van der Waals surface area (Å²) >= 11 is 0. The first-order valence-corrected chi connectivity index (χ1v) is 11.5. The third-order valence-corrected chi connectivity index (χ3v) is 6.54. The molecule has 0 saturated carbocycles. The highest BCUT2D eigenvalue weighted by Gasteiger charge is 2.34.